The van der Waals surface area contributed by atoms with E-state index >= 15 is 0 Å². The lowest BCUT2D eigenvalue weighted by molar-refractivity contribution is -0.0502. The maximum atomic E-state index is 12.5. The van der Waals surface area contributed by atoms with Gasteiger partial charge in [0.1, 0.15) is 0 Å². The van der Waals surface area contributed by atoms with Crippen LogP contribution in [0, 0.1) is 0 Å². The Morgan fingerprint density at radius 2 is 1.92 bits per heavy atom. The van der Waals surface area contributed by atoms with Crippen LogP contribution in [0.1, 0.15) is 19.9 Å². The summed E-state index contributed by atoms with van der Waals surface area (Å²) in [5.74, 6) is 0. The van der Waals surface area contributed by atoms with Gasteiger partial charge < -0.3 is 8.75 Å². The number of rotatable bonds is 4. The van der Waals surface area contributed by atoms with Crippen molar-refractivity contribution < 1.29 is 25.8 Å². The number of hydrogen-bond donors (Lipinski definition) is 0. The highest BCUT2D eigenvalue weighted by molar-refractivity contribution is 7.87. The van der Waals surface area contributed by atoms with Crippen molar-refractivity contribution in [2.24, 2.45) is 0 Å². The number of halogens is 3. The van der Waals surface area contributed by atoms with Gasteiger partial charge in [0.25, 0.3) is 0 Å². The van der Waals surface area contributed by atoms with E-state index in [1.165, 1.54) is 6.07 Å². The summed E-state index contributed by atoms with van der Waals surface area (Å²) in [5.41, 5.74) is -3.94. The predicted molar refractivity (Wildman–Crippen MR) is 86.7 cm³/mol. The second kappa shape index (κ2) is 6.24. The van der Waals surface area contributed by atoms with E-state index in [-0.39, 0.29) is 11.7 Å². The molecule has 3 heterocycles. The summed E-state index contributed by atoms with van der Waals surface area (Å²) < 4.78 is 65.6. The number of pyridine rings is 1. The Bertz CT molecular complexity index is 1060. The molecule has 0 bridgehead atoms. The largest absolute Gasteiger partial charge is 0.534 e. The van der Waals surface area contributed by atoms with Gasteiger partial charge in [-0.15, -0.1) is 0 Å². The molecule has 0 aliphatic carbocycles. The van der Waals surface area contributed by atoms with Crippen molar-refractivity contribution in [2.45, 2.75) is 25.4 Å². The first-order valence-corrected chi connectivity index (χ1v) is 8.79. The Labute approximate surface area is 146 Å². The maximum Gasteiger partial charge on any atom is 0.534 e. The van der Waals surface area contributed by atoms with Crippen LogP contribution < -0.4 is 4.18 Å². The number of hydrogen-bond acceptors (Lipinski definition) is 6. The van der Waals surface area contributed by atoms with E-state index in [1.54, 1.807) is 24.7 Å². The number of alkyl halides is 3. The van der Waals surface area contributed by atoms with Crippen molar-refractivity contribution in [1.29, 1.82) is 0 Å². The molecule has 0 unspecified atom stereocenters. The third kappa shape index (κ3) is 3.21. The molecule has 3 rings (SSSR count). The van der Waals surface area contributed by atoms with Crippen molar-refractivity contribution in [3.63, 3.8) is 0 Å². The van der Waals surface area contributed by atoms with E-state index in [0.29, 0.717) is 5.56 Å². The highest BCUT2D eigenvalue weighted by atomic mass is 32.2. The second-order valence-electron chi connectivity index (χ2n) is 5.64. The fraction of sp³-hybridized carbons (Fsp3) is 0.267. The fourth-order valence-electron chi connectivity index (χ4n) is 2.41. The van der Waals surface area contributed by atoms with Gasteiger partial charge in [0.2, 0.25) is 0 Å². The minimum atomic E-state index is -5.84. The zero-order valence-electron chi connectivity index (χ0n) is 13.6. The Morgan fingerprint density at radius 3 is 2.58 bits per heavy atom. The lowest BCUT2D eigenvalue weighted by Crippen LogP contribution is -2.28. The first-order chi connectivity index (χ1) is 12.1. The average molecular weight is 386 g/mol. The molecule has 0 radical (unpaired) electrons. The van der Waals surface area contributed by atoms with Crippen molar-refractivity contribution >= 4 is 21.0 Å². The fourth-order valence-corrected chi connectivity index (χ4v) is 2.78. The van der Waals surface area contributed by atoms with Crippen molar-refractivity contribution in [3.05, 3.63) is 36.9 Å². The van der Waals surface area contributed by atoms with Crippen LogP contribution in [0.4, 0.5) is 13.2 Å². The average Bonchev–Trinajstić information content (AvgIpc) is 2.93. The van der Waals surface area contributed by atoms with Crippen LogP contribution in [0.5, 0.6) is 6.01 Å². The van der Waals surface area contributed by atoms with Crippen molar-refractivity contribution in [3.8, 4) is 17.3 Å². The van der Waals surface area contributed by atoms with Gasteiger partial charge in [0.05, 0.1) is 17.4 Å². The minimum absolute atomic E-state index is 0.0959. The molecule has 0 fully saturated rings. The van der Waals surface area contributed by atoms with Gasteiger partial charge in [0.15, 0.2) is 0 Å². The third-order valence-electron chi connectivity index (χ3n) is 3.57. The zero-order valence-corrected chi connectivity index (χ0v) is 14.4. The van der Waals surface area contributed by atoms with Crippen LogP contribution >= 0.6 is 0 Å². The van der Waals surface area contributed by atoms with E-state index in [0.717, 1.165) is 17.1 Å². The van der Waals surface area contributed by atoms with E-state index in [9.17, 15) is 21.6 Å². The SMILES string of the molecule is CC(C)n1cc(-c2ccnc(OS(=O)(=O)C(F)(F)F)n2)c2ccncc21. The Kier molecular flexibility index (Phi) is 4.34. The van der Waals surface area contributed by atoms with Crippen LogP contribution in [-0.4, -0.2) is 33.4 Å². The molecule has 0 saturated carbocycles. The van der Waals surface area contributed by atoms with Crippen LogP contribution in [0.3, 0.4) is 0 Å². The molecule has 0 atom stereocenters. The van der Waals surface area contributed by atoms with E-state index in [1.807, 2.05) is 18.4 Å². The van der Waals surface area contributed by atoms with Crippen LogP contribution in [0.15, 0.2) is 36.9 Å². The smallest absolute Gasteiger partial charge is 0.343 e. The van der Waals surface area contributed by atoms with Crippen LogP contribution in [0.2, 0.25) is 0 Å². The molecule has 0 aromatic carbocycles. The monoisotopic (exact) mass is 386 g/mol. The van der Waals surface area contributed by atoms with Gasteiger partial charge in [-0.05, 0) is 26.0 Å². The van der Waals surface area contributed by atoms with Gasteiger partial charge in [-0.2, -0.15) is 26.6 Å². The summed E-state index contributed by atoms with van der Waals surface area (Å²) in [6.45, 7) is 3.92. The number of nitrogens with zero attached hydrogens (tertiary/aromatic N) is 4. The summed E-state index contributed by atoms with van der Waals surface area (Å²) in [7, 11) is -5.84. The van der Waals surface area contributed by atoms with Crippen LogP contribution in [0.25, 0.3) is 22.2 Å². The molecule has 0 amide bonds. The molecule has 11 heteroatoms. The highest BCUT2D eigenvalue weighted by Gasteiger charge is 2.49. The molecule has 0 aliphatic rings. The Hall–Kier alpha value is -2.69. The summed E-state index contributed by atoms with van der Waals surface area (Å²) in [6.07, 6.45) is 6.12. The lowest BCUT2D eigenvalue weighted by atomic mass is 10.1. The summed E-state index contributed by atoms with van der Waals surface area (Å²) in [4.78, 5) is 11.3. The summed E-state index contributed by atoms with van der Waals surface area (Å²) in [6, 6.07) is 2.38. The summed E-state index contributed by atoms with van der Waals surface area (Å²) >= 11 is 0. The highest BCUT2D eigenvalue weighted by Crippen LogP contribution is 2.32. The Morgan fingerprint density at radius 1 is 1.19 bits per heavy atom. The quantitative estimate of drug-likeness (QED) is 0.505. The standard InChI is InChI=1S/C15H13F3N4O3S/c1-9(2)22-8-11(10-3-5-19-7-13(10)22)12-4-6-20-14(21-12)25-26(23,24)15(16,17)18/h3-9H,1-2H3. The van der Waals surface area contributed by atoms with E-state index in [2.05, 4.69) is 19.1 Å². The maximum absolute atomic E-state index is 12.5. The van der Waals surface area contributed by atoms with Gasteiger partial charge in [-0.25, -0.2) is 4.98 Å². The molecule has 3 aromatic heterocycles. The number of fused-ring (bicyclic) bond motifs is 1. The van der Waals surface area contributed by atoms with E-state index in [4.69, 9.17) is 0 Å². The molecule has 0 N–H and O–H groups in total. The molecular weight excluding hydrogens is 373 g/mol. The summed E-state index contributed by atoms with van der Waals surface area (Å²) in [5, 5.41) is 0.761. The normalized spacial score (nSPS) is 12.7. The third-order valence-corrected chi connectivity index (χ3v) is 4.51. The predicted octanol–water partition coefficient (Wildman–Crippen LogP) is 3.30. The van der Waals surface area contributed by atoms with Crippen molar-refractivity contribution in [1.82, 2.24) is 19.5 Å². The molecule has 26 heavy (non-hydrogen) atoms. The van der Waals surface area contributed by atoms with Gasteiger partial charge in [-0.3, -0.25) is 4.98 Å². The molecule has 138 valence electrons. The molecule has 0 saturated heterocycles. The second-order valence-corrected chi connectivity index (χ2v) is 7.18. The lowest BCUT2D eigenvalue weighted by Gasteiger charge is -2.08. The molecule has 0 spiro atoms. The molecule has 0 aliphatic heterocycles. The first kappa shape index (κ1) is 18.1. The van der Waals surface area contributed by atoms with Gasteiger partial charge in [-0.1, -0.05) is 0 Å². The van der Waals surface area contributed by atoms with Gasteiger partial charge >= 0.3 is 21.6 Å². The molecule has 7 nitrogen and oxygen atoms in total. The van der Waals surface area contributed by atoms with Gasteiger partial charge in [0, 0.05) is 35.6 Å². The van der Waals surface area contributed by atoms with Crippen molar-refractivity contribution in [2.75, 3.05) is 0 Å². The molecule has 3 aromatic rings. The zero-order chi connectivity index (χ0) is 19.1. The minimum Gasteiger partial charge on any atom is -0.343 e. The molecular formula is C15H13F3N4O3S. The Balaban J connectivity index is 2.09. The van der Waals surface area contributed by atoms with Crippen LogP contribution in [-0.2, 0) is 10.1 Å². The van der Waals surface area contributed by atoms with E-state index < -0.39 is 21.6 Å². The topological polar surface area (TPSA) is 87.0 Å². The number of aromatic nitrogens is 4. The first-order valence-electron chi connectivity index (χ1n) is 7.39.